The van der Waals surface area contributed by atoms with Crippen molar-refractivity contribution in [3.63, 3.8) is 0 Å². The Morgan fingerprint density at radius 1 is 1.17 bits per heavy atom. The van der Waals surface area contributed by atoms with E-state index in [-0.39, 0.29) is 17.5 Å². The number of aromatic nitrogens is 1. The lowest BCUT2D eigenvalue weighted by atomic mass is 10.0. The molecule has 0 saturated heterocycles. The van der Waals surface area contributed by atoms with E-state index >= 15 is 0 Å². The Morgan fingerprint density at radius 3 is 2.70 bits per heavy atom. The van der Waals surface area contributed by atoms with E-state index in [9.17, 15) is 9.18 Å². The molecule has 23 heavy (non-hydrogen) atoms. The third kappa shape index (κ3) is 2.05. The third-order valence-corrected chi connectivity index (χ3v) is 4.32. The Balaban J connectivity index is 2.18. The van der Waals surface area contributed by atoms with Crippen molar-refractivity contribution >= 4 is 16.8 Å². The predicted octanol–water partition coefficient (Wildman–Crippen LogP) is 4.43. The molecule has 0 amide bonds. The zero-order valence-corrected chi connectivity index (χ0v) is 12.8. The summed E-state index contributed by atoms with van der Waals surface area (Å²) in [5.41, 5.74) is 3.52. The van der Waals surface area contributed by atoms with Crippen LogP contribution in [0.15, 0.2) is 42.5 Å². The summed E-state index contributed by atoms with van der Waals surface area (Å²) in [5, 5.41) is 0.733. The number of benzene rings is 2. The van der Waals surface area contributed by atoms with Gasteiger partial charge in [0.2, 0.25) is 5.91 Å². The molecule has 4 rings (SSSR count). The van der Waals surface area contributed by atoms with Crippen LogP contribution in [0.1, 0.15) is 23.7 Å². The molecule has 1 aromatic heterocycles. The van der Waals surface area contributed by atoms with Crippen LogP contribution in [0.25, 0.3) is 22.2 Å². The summed E-state index contributed by atoms with van der Waals surface area (Å²) >= 11 is 0. The lowest BCUT2D eigenvalue weighted by Crippen LogP contribution is -2.08. The van der Waals surface area contributed by atoms with E-state index in [0.29, 0.717) is 12.1 Å². The van der Waals surface area contributed by atoms with Gasteiger partial charge in [0.25, 0.3) is 0 Å². The first-order valence-electron chi connectivity index (χ1n) is 7.73. The van der Waals surface area contributed by atoms with Crippen molar-refractivity contribution in [3.8, 4) is 17.0 Å². The van der Waals surface area contributed by atoms with Crippen molar-refractivity contribution in [3.05, 3.63) is 53.8 Å². The molecule has 2 aromatic carbocycles. The van der Waals surface area contributed by atoms with E-state index in [4.69, 9.17) is 4.74 Å². The van der Waals surface area contributed by atoms with Crippen molar-refractivity contribution in [1.29, 1.82) is 0 Å². The molecule has 1 aliphatic heterocycles. The maximum Gasteiger partial charge on any atom is 0.228 e. The Labute approximate surface area is 133 Å². The number of halogens is 1. The molecular weight excluding hydrogens is 293 g/mol. The Bertz CT molecular complexity index is 912. The largest absolute Gasteiger partial charge is 0.490 e. The molecule has 4 heteroatoms. The second-order valence-corrected chi connectivity index (χ2v) is 5.77. The molecule has 0 fully saturated rings. The van der Waals surface area contributed by atoms with Gasteiger partial charge in [-0.1, -0.05) is 30.3 Å². The van der Waals surface area contributed by atoms with E-state index in [0.717, 1.165) is 35.0 Å². The molecule has 3 nitrogen and oxygen atoms in total. The first kappa shape index (κ1) is 14.0. The molecule has 0 spiro atoms. The van der Waals surface area contributed by atoms with Gasteiger partial charge >= 0.3 is 0 Å². The maximum absolute atomic E-state index is 14.2. The van der Waals surface area contributed by atoms with Crippen LogP contribution < -0.4 is 4.74 Å². The molecule has 0 atom stereocenters. The third-order valence-electron chi connectivity index (χ3n) is 4.32. The van der Waals surface area contributed by atoms with Gasteiger partial charge in [-0.2, -0.15) is 0 Å². The minimum absolute atomic E-state index is 0.0850. The van der Waals surface area contributed by atoms with Gasteiger partial charge in [-0.25, -0.2) is 4.39 Å². The number of rotatable bonds is 1. The highest BCUT2D eigenvalue weighted by molar-refractivity contribution is 6.03. The average Bonchev–Trinajstić information content (AvgIpc) is 2.72. The van der Waals surface area contributed by atoms with Crippen LogP contribution in [0.5, 0.6) is 5.75 Å². The quantitative estimate of drug-likeness (QED) is 0.666. The summed E-state index contributed by atoms with van der Waals surface area (Å²) < 4.78 is 21.6. The zero-order chi connectivity index (χ0) is 16.0. The van der Waals surface area contributed by atoms with Crippen LogP contribution in [0.2, 0.25) is 0 Å². The second kappa shape index (κ2) is 5.23. The van der Waals surface area contributed by atoms with Gasteiger partial charge in [-0.05, 0) is 36.1 Å². The van der Waals surface area contributed by atoms with Crippen molar-refractivity contribution < 1.29 is 13.9 Å². The number of carbonyl (C=O) groups excluding carboxylic acids is 1. The van der Waals surface area contributed by atoms with Gasteiger partial charge in [0, 0.05) is 12.3 Å². The lowest BCUT2D eigenvalue weighted by Gasteiger charge is -2.10. The minimum atomic E-state index is -0.374. The number of nitrogens with zero attached hydrogens (tertiary/aromatic N) is 1. The average molecular weight is 309 g/mol. The molecule has 3 aromatic rings. The second-order valence-electron chi connectivity index (χ2n) is 5.77. The number of aryl methyl sites for hydroxylation is 1. The minimum Gasteiger partial charge on any atom is -0.490 e. The molecule has 0 N–H and O–H groups in total. The fraction of sp³-hybridized carbons (Fsp3) is 0.211. The topological polar surface area (TPSA) is 31.2 Å². The van der Waals surface area contributed by atoms with Crippen LogP contribution >= 0.6 is 0 Å². The van der Waals surface area contributed by atoms with Crippen LogP contribution in [-0.2, 0) is 6.42 Å². The predicted molar refractivity (Wildman–Crippen MR) is 87.4 cm³/mol. The highest BCUT2D eigenvalue weighted by atomic mass is 19.1. The van der Waals surface area contributed by atoms with Crippen LogP contribution in [0.4, 0.5) is 4.39 Å². The Hall–Kier alpha value is -2.62. The van der Waals surface area contributed by atoms with Crippen LogP contribution in [-0.4, -0.2) is 17.1 Å². The van der Waals surface area contributed by atoms with E-state index in [1.54, 1.807) is 10.6 Å². The summed E-state index contributed by atoms with van der Waals surface area (Å²) in [7, 11) is 0. The molecule has 0 radical (unpaired) electrons. The molecule has 1 aliphatic rings. The maximum atomic E-state index is 14.2. The van der Waals surface area contributed by atoms with Crippen molar-refractivity contribution in [1.82, 2.24) is 4.57 Å². The van der Waals surface area contributed by atoms with Gasteiger partial charge in [0.15, 0.2) is 11.6 Å². The van der Waals surface area contributed by atoms with Gasteiger partial charge in [0.05, 0.1) is 17.8 Å². The standard InChI is InChI=1S/C19H16FNO2/c1-12(22)21-16-10-9-15(20)19-17(16)14(8-5-11-23-19)18(21)13-6-3-2-4-7-13/h2-4,6-7,9-10H,5,8,11H2,1H3. The fourth-order valence-electron chi connectivity index (χ4n) is 3.43. The van der Waals surface area contributed by atoms with E-state index in [1.807, 2.05) is 30.3 Å². The Kier molecular flexibility index (Phi) is 3.18. The monoisotopic (exact) mass is 309 g/mol. The Morgan fingerprint density at radius 2 is 1.96 bits per heavy atom. The number of carbonyl (C=O) groups is 1. The molecule has 0 unspecified atom stereocenters. The molecular formula is C19H16FNO2. The lowest BCUT2D eigenvalue weighted by molar-refractivity contribution is 0.0943. The summed E-state index contributed by atoms with van der Waals surface area (Å²) in [5.74, 6) is -0.189. The van der Waals surface area contributed by atoms with Gasteiger partial charge in [0.1, 0.15) is 0 Å². The molecule has 0 aliphatic carbocycles. The zero-order valence-electron chi connectivity index (χ0n) is 12.8. The first-order chi connectivity index (χ1) is 11.2. The SMILES string of the molecule is CC(=O)n1c(-c2ccccc2)c2c3c(c(F)ccc31)OCCC2. The summed E-state index contributed by atoms with van der Waals surface area (Å²) in [6.07, 6.45) is 1.56. The smallest absolute Gasteiger partial charge is 0.228 e. The van der Waals surface area contributed by atoms with E-state index in [1.165, 1.54) is 13.0 Å². The van der Waals surface area contributed by atoms with E-state index in [2.05, 4.69) is 0 Å². The van der Waals surface area contributed by atoms with Crippen LogP contribution in [0, 0.1) is 5.82 Å². The fourth-order valence-corrected chi connectivity index (χ4v) is 3.43. The van der Waals surface area contributed by atoms with Gasteiger partial charge < -0.3 is 4.74 Å². The normalized spacial score (nSPS) is 13.7. The first-order valence-corrected chi connectivity index (χ1v) is 7.73. The number of hydrogen-bond donors (Lipinski definition) is 0. The van der Waals surface area contributed by atoms with Gasteiger partial charge in [-0.15, -0.1) is 0 Å². The van der Waals surface area contributed by atoms with Crippen LogP contribution in [0.3, 0.4) is 0 Å². The molecule has 2 heterocycles. The van der Waals surface area contributed by atoms with E-state index < -0.39 is 0 Å². The highest BCUT2D eigenvalue weighted by Gasteiger charge is 2.26. The molecule has 0 bridgehead atoms. The highest BCUT2D eigenvalue weighted by Crippen LogP contribution is 2.42. The van der Waals surface area contributed by atoms with Gasteiger partial charge in [-0.3, -0.25) is 9.36 Å². The summed E-state index contributed by atoms with van der Waals surface area (Å²) in [6, 6.07) is 12.8. The van der Waals surface area contributed by atoms with Crippen molar-refractivity contribution in [2.75, 3.05) is 6.61 Å². The molecule has 116 valence electrons. The summed E-state index contributed by atoms with van der Waals surface area (Å²) in [6.45, 7) is 2.02. The summed E-state index contributed by atoms with van der Waals surface area (Å²) in [4.78, 5) is 12.3. The van der Waals surface area contributed by atoms with Crippen molar-refractivity contribution in [2.24, 2.45) is 0 Å². The molecule has 0 saturated carbocycles. The number of ether oxygens (including phenoxy) is 1. The van der Waals surface area contributed by atoms with Crippen molar-refractivity contribution in [2.45, 2.75) is 19.8 Å². The number of hydrogen-bond acceptors (Lipinski definition) is 2.